The lowest BCUT2D eigenvalue weighted by atomic mass is 9.77. The van der Waals surface area contributed by atoms with Gasteiger partial charge in [-0.2, -0.15) is 0 Å². The van der Waals surface area contributed by atoms with Crippen LogP contribution in [0.5, 0.6) is 0 Å². The molecule has 0 aromatic carbocycles. The van der Waals surface area contributed by atoms with Gasteiger partial charge < -0.3 is 26.6 Å². The summed E-state index contributed by atoms with van der Waals surface area (Å²) in [5, 5.41) is 3.13. The third kappa shape index (κ3) is 5.72. The van der Waals surface area contributed by atoms with Crippen molar-refractivity contribution in [3.8, 4) is 0 Å². The first kappa shape index (κ1) is 23.9. The van der Waals surface area contributed by atoms with Crippen molar-refractivity contribution in [2.24, 2.45) is 17.4 Å². The number of allylic oxidation sites excluding steroid dienone is 3. The molecule has 1 fully saturated rings. The van der Waals surface area contributed by atoms with E-state index in [1.54, 1.807) is 19.1 Å². The van der Waals surface area contributed by atoms with Gasteiger partial charge in [-0.3, -0.25) is 0 Å². The quantitative estimate of drug-likeness (QED) is 0.563. The summed E-state index contributed by atoms with van der Waals surface area (Å²) in [7, 11) is 2.04. The van der Waals surface area contributed by atoms with Crippen molar-refractivity contribution >= 4 is 11.5 Å². The van der Waals surface area contributed by atoms with Crippen LogP contribution in [0.15, 0.2) is 48.2 Å². The van der Waals surface area contributed by atoms with E-state index in [0.717, 1.165) is 56.5 Å². The van der Waals surface area contributed by atoms with Gasteiger partial charge in [-0.15, -0.1) is 0 Å². The molecule has 2 aliphatic rings. The van der Waals surface area contributed by atoms with E-state index in [0.29, 0.717) is 30.2 Å². The highest BCUT2D eigenvalue weighted by molar-refractivity contribution is 5.70. The lowest BCUT2D eigenvalue weighted by molar-refractivity contribution is -0.0560. The van der Waals surface area contributed by atoms with Gasteiger partial charge in [-0.25, -0.2) is 13.8 Å². The molecule has 0 radical (unpaired) electrons. The van der Waals surface area contributed by atoms with Crippen LogP contribution in [0.4, 0.5) is 20.3 Å². The fraction of sp³-hybridized carbons (Fsp3) is 0.542. The van der Waals surface area contributed by atoms with Crippen molar-refractivity contribution in [2.45, 2.75) is 57.8 Å². The maximum Gasteiger partial charge on any atom is 0.248 e. The number of pyridine rings is 1. The molecule has 0 spiro atoms. The van der Waals surface area contributed by atoms with Crippen molar-refractivity contribution in [1.82, 2.24) is 10.3 Å². The molecule has 1 aliphatic carbocycles. The molecule has 2 unspecified atom stereocenters. The first-order chi connectivity index (χ1) is 15.1. The molecule has 6 nitrogen and oxygen atoms in total. The number of nitrogens with two attached hydrogens (primary N) is 2. The van der Waals surface area contributed by atoms with E-state index in [2.05, 4.69) is 22.9 Å². The number of nitrogens with zero attached hydrogens (tertiary/aromatic N) is 3. The summed E-state index contributed by atoms with van der Waals surface area (Å²) in [6.45, 7) is 8.61. The van der Waals surface area contributed by atoms with Crippen LogP contribution in [-0.2, 0) is 0 Å². The van der Waals surface area contributed by atoms with Gasteiger partial charge in [0.05, 0.1) is 5.69 Å². The zero-order valence-corrected chi connectivity index (χ0v) is 19.4. The predicted octanol–water partition coefficient (Wildman–Crippen LogP) is 4.38. The Hall–Kier alpha value is -2.77. The van der Waals surface area contributed by atoms with Gasteiger partial charge in [0.15, 0.2) is 5.82 Å². The average molecular weight is 447 g/mol. The third-order valence-corrected chi connectivity index (χ3v) is 6.37. The number of halogens is 2. The van der Waals surface area contributed by atoms with Crippen molar-refractivity contribution in [1.29, 1.82) is 0 Å². The molecule has 0 amide bonds. The molecule has 0 bridgehead atoms. The van der Waals surface area contributed by atoms with Gasteiger partial charge in [-0.1, -0.05) is 13.0 Å². The molecule has 2 atom stereocenters. The van der Waals surface area contributed by atoms with Gasteiger partial charge in [0.1, 0.15) is 11.6 Å². The van der Waals surface area contributed by atoms with Crippen LogP contribution >= 0.6 is 0 Å². The Morgan fingerprint density at radius 1 is 1.22 bits per heavy atom. The number of nitrogens with one attached hydrogen (secondary N) is 1. The van der Waals surface area contributed by atoms with Crippen LogP contribution in [0.1, 0.15) is 57.6 Å². The Labute approximate surface area is 190 Å². The summed E-state index contributed by atoms with van der Waals surface area (Å²) in [6.07, 6.45) is 7.05. The van der Waals surface area contributed by atoms with Gasteiger partial charge in [0.25, 0.3) is 0 Å². The summed E-state index contributed by atoms with van der Waals surface area (Å²) in [6, 6.07) is 4.05. The number of anilines is 2. The summed E-state index contributed by atoms with van der Waals surface area (Å²) in [4.78, 5) is 9.19. The lowest BCUT2D eigenvalue weighted by Gasteiger charge is -2.33. The number of aromatic nitrogens is 1. The highest BCUT2D eigenvalue weighted by atomic mass is 19.3. The minimum absolute atomic E-state index is 0.0316. The molecule has 32 heavy (non-hydrogen) atoms. The molecule has 176 valence electrons. The Balaban J connectivity index is 1.89. The van der Waals surface area contributed by atoms with Crippen LogP contribution in [0, 0.1) is 5.92 Å². The number of hydrogen-bond donors (Lipinski definition) is 3. The Morgan fingerprint density at radius 2 is 1.97 bits per heavy atom. The van der Waals surface area contributed by atoms with Crippen LogP contribution < -0.4 is 26.6 Å². The van der Waals surface area contributed by atoms with Gasteiger partial charge in [0, 0.05) is 43.4 Å². The van der Waals surface area contributed by atoms with Crippen LogP contribution in [0.2, 0.25) is 0 Å². The zero-order chi connectivity index (χ0) is 23.5. The average Bonchev–Trinajstić information content (AvgIpc) is 2.90. The lowest BCUT2D eigenvalue weighted by Crippen LogP contribution is -2.34. The van der Waals surface area contributed by atoms with Crippen molar-refractivity contribution in [3.63, 3.8) is 0 Å². The van der Waals surface area contributed by atoms with Gasteiger partial charge in [-0.05, 0) is 63.8 Å². The number of hydrogen-bond acceptors (Lipinski definition) is 6. The molecule has 2 heterocycles. The molecule has 1 saturated carbocycles. The van der Waals surface area contributed by atoms with Crippen LogP contribution in [0.3, 0.4) is 0 Å². The summed E-state index contributed by atoms with van der Waals surface area (Å²) < 4.78 is 28.0. The summed E-state index contributed by atoms with van der Waals surface area (Å²) in [5.41, 5.74) is 14.3. The fourth-order valence-corrected chi connectivity index (χ4v) is 4.55. The number of alkyl halides is 2. The topological polar surface area (TPSA) is 83.4 Å². The third-order valence-electron chi connectivity index (χ3n) is 6.37. The highest BCUT2D eigenvalue weighted by Crippen LogP contribution is 2.43. The highest BCUT2D eigenvalue weighted by Gasteiger charge is 2.38. The molecule has 1 aromatic rings. The molecule has 1 aromatic heterocycles. The maximum atomic E-state index is 14.0. The minimum Gasteiger partial charge on any atom is -0.402 e. The SMILES string of the molecule is C=C(N/C(N)=C/C=C(/C)N)N1CCCN(C)c2ccc(C3CCCC(C(C)(F)F)C3)nc21. The molecular formula is C24H36F2N6. The number of fused-ring (bicyclic) bond motifs is 1. The second kappa shape index (κ2) is 9.79. The monoisotopic (exact) mass is 446 g/mol. The Morgan fingerprint density at radius 3 is 2.66 bits per heavy atom. The van der Waals surface area contributed by atoms with Crippen molar-refractivity contribution < 1.29 is 8.78 Å². The van der Waals surface area contributed by atoms with Gasteiger partial charge >= 0.3 is 0 Å². The van der Waals surface area contributed by atoms with Crippen LogP contribution in [-0.4, -0.2) is 31.0 Å². The molecule has 1 aliphatic heterocycles. The summed E-state index contributed by atoms with van der Waals surface area (Å²) >= 11 is 0. The molecule has 0 saturated heterocycles. The van der Waals surface area contributed by atoms with E-state index in [-0.39, 0.29) is 5.92 Å². The Bertz CT molecular complexity index is 885. The first-order valence-corrected chi connectivity index (χ1v) is 11.3. The molecule has 8 heteroatoms. The minimum atomic E-state index is -2.66. The van der Waals surface area contributed by atoms with Crippen molar-refractivity contribution in [3.05, 3.63) is 53.9 Å². The largest absolute Gasteiger partial charge is 0.402 e. The van der Waals surface area contributed by atoms with E-state index < -0.39 is 11.8 Å². The standard InChI is InChI=1S/C24H36F2N6/c1-16(27)9-12-22(28)29-17(2)32-14-6-13-31(4)21-11-10-20(30-23(21)32)18-7-5-8-19(15-18)24(3,25)26/h9-12,18-19,29H,2,5-8,13-15,27-28H2,1,3-4H3/b16-9-,22-12+. The second-order valence-electron chi connectivity index (χ2n) is 9.13. The van der Waals surface area contributed by atoms with E-state index in [9.17, 15) is 8.78 Å². The fourth-order valence-electron chi connectivity index (χ4n) is 4.55. The molecular weight excluding hydrogens is 410 g/mol. The summed E-state index contributed by atoms with van der Waals surface area (Å²) in [5.74, 6) is -1.40. The van der Waals surface area contributed by atoms with E-state index >= 15 is 0 Å². The maximum absolute atomic E-state index is 14.0. The predicted molar refractivity (Wildman–Crippen MR) is 127 cm³/mol. The van der Waals surface area contributed by atoms with E-state index in [1.807, 2.05) is 18.0 Å². The normalized spacial score (nSPS) is 22.9. The van der Waals surface area contributed by atoms with E-state index in [1.165, 1.54) is 0 Å². The van der Waals surface area contributed by atoms with Gasteiger partial charge in [0.2, 0.25) is 5.92 Å². The first-order valence-electron chi connectivity index (χ1n) is 11.3. The second-order valence-corrected chi connectivity index (χ2v) is 9.13. The number of rotatable bonds is 6. The molecule has 5 N–H and O–H groups in total. The Kier molecular flexibility index (Phi) is 7.31. The van der Waals surface area contributed by atoms with Crippen LogP contribution in [0.25, 0.3) is 0 Å². The zero-order valence-electron chi connectivity index (χ0n) is 19.4. The smallest absolute Gasteiger partial charge is 0.248 e. The van der Waals surface area contributed by atoms with Crippen molar-refractivity contribution in [2.75, 3.05) is 29.9 Å². The molecule has 3 rings (SSSR count). The van der Waals surface area contributed by atoms with E-state index in [4.69, 9.17) is 16.5 Å².